The monoisotopic (exact) mass is 186 g/mol. The minimum absolute atomic E-state index is 1.13. The first-order chi connectivity index (χ1) is 6.76. The van der Waals surface area contributed by atoms with Gasteiger partial charge in [0.15, 0.2) is 0 Å². The summed E-state index contributed by atoms with van der Waals surface area (Å²) in [5.41, 5.74) is 4.05. The molecule has 0 N–H and O–H groups in total. The van der Waals surface area contributed by atoms with Crippen LogP contribution in [-0.4, -0.2) is 0 Å². The normalized spacial score (nSPS) is 11.4. The van der Waals surface area contributed by atoms with Crippen molar-refractivity contribution in [3.63, 3.8) is 0 Å². The average Bonchev–Trinajstić information content (AvgIpc) is 2.26. The van der Waals surface area contributed by atoms with E-state index >= 15 is 0 Å². The van der Waals surface area contributed by atoms with Crippen LogP contribution in [0.3, 0.4) is 0 Å². The van der Waals surface area contributed by atoms with Gasteiger partial charge in [0.25, 0.3) is 0 Å². The Bertz CT molecular complexity index is 314. The molecule has 14 heavy (non-hydrogen) atoms. The van der Waals surface area contributed by atoms with E-state index in [-0.39, 0.29) is 0 Å². The Balaban J connectivity index is 2.56. The summed E-state index contributed by atoms with van der Waals surface area (Å²) in [6, 6.07) is 8.60. The van der Waals surface area contributed by atoms with E-state index in [0.717, 1.165) is 12.8 Å². The lowest BCUT2D eigenvalue weighted by Gasteiger charge is -2.02. The van der Waals surface area contributed by atoms with Crippen LogP contribution in [0, 0.1) is 0 Å². The highest BCUT2D eigenvalue weighted by Crippen LogP contribution is 2.10. The Morgan fingerprint density at radius 1 is 1.29 bits per heavy atom. The van der Waals surface area contributed by atoms with Gasteiger partial charge in [0.05, 0.1) is 0 Å². The molecule has 0 amide bonds. The van der Waals surface area contributed by atoms with E-state index in [9.17, 15) is 0 Å². The number of rotatable bonds is 4. The van der Waals surface area contributed by atoms with Crippen molar-refractivity contribution in [2.45, 2.75) is 26.7 Å². The van der Waals surface area contributed by atoms with Gasteiger partial charge in [-0.15, -0.1) is 0 Å². The van der Waals surface area contributed by atoms with Gasteiger partial charge >= 0.3 is 0 Å². The molecule has 0 aliphatic heterocycles. The summed E-state index contributed by atoms with van der Waals surface area (Å²) in [4.78, 5) is 0. The van der Waals surface area contributed by atoms with Crippen molar-refractivity contribution in [2.24, 2.45) is 0 Å². The Morgan fingerprint density at radius 2 is 1.93 bits per heavy atom. The third-order valence-corrected chi connectivity index (χ3v) is 2.52. The van der Waals surface area contributed by atoms with E-state index in [1.165, 1.54) is 16.7 Å². The largest absolute Gasteiger partial charge is 0.0985 e. The summed E-state index contributed by atoms with van der Waals surface area (Å²) in [5.74, 6) is 0. The van der Waals surface area contributed by atoms with Gasteiger partial charge in [0, 0.05) is 0 Å². The van der Waals surface area contributed by atoms with Crippen LogP contribution in [0.1, 0.15) is 31.4 Å². The van der Waals surface area contributed by atoms with Crippen molar-refractivity contribution in [1.82, 2.24) is 0 Å². The van der Waals surface area contributed by atoms with Gasteiger partial charge in [-0.2, -0.15) is 0 Å². The molecule has 0 heterocycles. The SMILES string of the molecule is C=Cc1ccc(CCC(C)=CC)cc1. The van der Waals surface area contributed by atoms with Crippen molar-refractivity contribution in [2.75, 3.05) is 0 Å². The minimum atomic E-state index is 1.13. The van der Waals surface area contributed by atoms with Gasteiger partial charge in [0.2, 0.25) is 0 Å². The molecule has 0 bridgehead atoms. The summed E-state index contributed by atoms with van der Waals surface area (Å²) in [5, 5.41) is 0. The fourth-order valence-corrected chi connectivity index (χ4v) is 1.31. The topological polar surface area (TPSA) is 0 Å². The zero-order chi connectivity index (χ0) is 10.4. The van der Waals surface area contributed by atoms with Crippen molar-refractivity contribution in [3.8, 4) is 0 Å². The minimum Gasteiger partial charge on any atom is -0.0985 e. The molecule has 1 rings (SSSR count). The van der Waals surface area contributed by atoms with Crippen LogP contribution in [0.25, 0.3) is 6.08 Å². The van der Waals surface area contributed by atoms with Gasteiger partial charge in [-0.05, 0) is 37.8 Å². The van der Waals surface area contributed by atoms with Gasteiger partial charge in [-0.25, -0.2) is 0 Å². The molecule has 1 aromatic rings. The van der Waals surface area contributed by atoms with Crippen molar-refractivity contribution < 1.29 is 0 Å². The first kappa shape index (κ1) is 10.8. The molecule has 0 atom stereocenters. The van der Waals surface area contributed by atoms with Crippen LogP contribution in [-0.2, 0) is 6.42 Å². The smallest absolute Gasteiger partial charge is 0.0242 e. The van der Waals surface area contributed by atoms with Crippen LogP contribution in [0.2, 0.25) is 0 Å². The lowest BCUT2D eigenvalue weighted by Crippen LogP contribution is -1.86. The molecular weight excluding hydrogens is 168 g/mol. The fourth-order valence-electron chi connectivity index (χ4n) is 1.31. The highest BCUT2D eigenvalue weighted by atomic mass is 14.0. The zero-order valence-electron chi connectivity index (χ0n) is 9.09. The predicted molar refractivity (Wildman–Crippen MR) is 64.3 cm³/mol. The number of hydrogen-bond donors (Lipinski definition) is 0. The molecular formula is C14H18. The van der Waals surface area contributed by atoms with E-state index in [2.05, 4.69) is 50.8 Å². The summed E-state index contributed by atoms with van der Waals surface area (Å²) < 4.78 is 0. The lowest BCUT2D eigenvalue weighted by atomic mass is 10.0. The van der Waals surface area contributed by atoms with Gasteiger partial charge in [-0.3, -0.25) is 0 Å². The van der Waals surface area contributed by atoms with Crippen molar-refractivity contribution in [1.29, 1.82) is 0 Å². The molecule has 0 aliphatic rings. The summed E-state index contributed by atoms with van der Waals surface area (Å²) in [7, 11) is 0. The third-order valence-electron chi connectivity index (χ3n) is 2.52. The maximum absolute atomic E-state index is 3.74. The molecule has 0 aromatic heterocycles. The Labute approximate surface area is 87.0 Å². The van der Waals surface area contributed by atoms with Crippen molar-refractivity contribution >= 4 is 6.08 Å². The summed E-state index contributed by atoms with van der Waals surface area (Å²) in [6.07, 6.45) is 6.34. The highest BCUT2D eigenvalue weighted by molar-refractivity contribution is 5.47. The van der Waals surface area contributed by atoms with Crippen LogP contribution in [0.15, 0.2) is 42.5 Å². The van der Waals surface area contributed by atoms with Crippen LogP contribution in [0.5, 0.6) is 0 Å². The molecule has 0 saturated heterocycles. The van der Waals surface area contributed by atoms with Gasteiger partial charge in [0.1, 0.15) is 0 Å². The first-order valence-corrected chi connectivity index (χ1v) is 5.09. The van der Waals surface area contributed by atoms with E-state index in [1.54, 1.807) is 0 Å². The molecule has 0 heteroatoms. The Kier molecular flexibility index (Phi) is 4.18. The average molecular weight is 186 g/mol. The molecule has 0 aliphatic carbocycles. The zero-order valence-corrected chi connectivity index (χ0v) is 9.09. The van der Waals surface area contributed by atoms with Crippen molar-refractivity contribution in [3.05, 3.63) is 53.6 Å². The Hall–Kier alpha value is -1.30. The molecule has 74 valence electrons. The predicted octanol–water partition coefficient (Wildman–Crippen LogP) is 4.23. The second-order valence-electron chi connectivity index (χ2n) is 3.58. The standard InChI is InChI=1S/C14H18/c1-4-12(3)6-7-14-10-8-13(5-2)9-11-14/h4-5,8-11H,2,6-7H2,1,3H3. The summed E-state index contributed by atoms with van der Waals surface area (Å²) in [6.45, 7) is 8.01. The maximum Gasteiger partial charge on any atom is -0.0242 e. The maximum atomic E-state index is 3.74. The second-order valence-corrected chi connectivity index (χ2v) is 3.58. The Morgan fingerprint density at radius 3 is 2.43 bits per heavy atom. The molecule has 0 saturated carbocycles. The summed E-state index contributed by atoms with van der Waals surface area (Å²) >= 11 is 0. The fraction of sp³-hybridized carbons (Fsp3) is 0.286. The molecule has 0 nitrogen and oxygen atoms in total. The number of benzene rings is 1. The van der Waals surface area contributed by atoms with Crippen LogP contribution in [0.4, 0.5) is 0 Å². The molecule has 0 unspecified atom stereocenters. The molecule has 0 radical (unpaired) electrons. The van der Waals surface area contributed by atoms with Crippen LogP contribution < -0.4 is 0 Å². The quantitative estimate of drug-likeness (QED) is 0.617. The van der Waals surface area contributed by atoms with E-state index in [4.69, 9.17) is 0 Å². The van der Waals surface area contributed by atoms with Crippen LogP contribution >= 0.6 is 0 Å². The van der Waals surface area contributed by atoms with E-state index in [1.807, 2.05) is 6.08 Å². The first-order valence-electron chi connectivity index (χ1n) is 5.09. The van der Waals surface area contributed by atoms with Gasteiger partial charge < -0.3 is 0 Å². The highest BCUT2D eigenvalue weighted by Gasteiger charge is 1.93. The molecule has 0 fully saturated rings. The second kappa shape index (κ2) is 5.43. The van der Waals surface area contributed by atoms with E-state index < -0.39 is 0 Å². The lowest BCUT2D eigenvalue weighted by molar-refractivity contribution is 0.938. The van der Waals surface area contributed by atoms with E-state index in [0.29, 0.717) is 0 Å². The number of aryl methyl sites for hydroxylation is 1. The third kappa shape index (κ3) is 3.21. The van der Waals surface area contributed by atoms with Gasteiger partial charge in [-0.1, -0.05) is 48.6 Å². The number of hydrogen-bond acceptors (Lipinski definition) is 0. The molecule has 1 aromatic carbocycles. The molecule has 0 spiro atoms. The number of allylic oxidation sites excluding steroid dienone is 2.